The molecule has 9 heteroatoms. The predicted octanol–water partition coefficient (Wildman–Crippen LogP) is 0.772. The van der Waals surface area contributed by atoms with Gasteiger partial charge in [-0.3, -0.25) is 14.4 Å². The van der Waals surface area contributed by atoms with E-state index < -0.39 is 41.8 Å². The standard InChI is InChI=1S/C13H16F3N3O3/c1-6(2)10(11(21)13(14,15)16)19-8(20)5-7-3-4-18-12(22)9(7)17/h3-4,6,10H,5,17H2,1-2H3,(H,18,22)(H,19,20). The molecule has 0 aliphatic carbocycles. The number of amides is 1. The highest BCUT2D eigenvalue weighted by molar-refractivity contribution is 5.93. The highest BCUT2D eigenvalue weighted by Crippen LogP contribution is 2.21. The molecule has 1 unspecified atom stereocenters. The SMILES string of the molecule is CC(C)C(NC(=O)Cc1cc[nH]c(=O)c1N)C(=O)C(F)(F)F. The zero-order chi connectivity index (χ0) is 17.1. The fraction of sp³-hybridized carbons (Fsp3) is 0.462. The molecule has 0 bridgehead atoms. The summed E-state index contributed by atoms with van der Waals surface area (Å²) in [6.45, 7) is 2.77. The van der Waals surface area contributed by atoms with E-state index >= 15 is 0 Å². The van der Waals surface area contributed by atoms with Crippen molar-refractivity contribution in [3.63, 3.8) is 0 Å². The van der Waals surface area contributed by atoms with Gasteiger partial charge in [0.15, 0.2) is 0 Å². The van der Waals surface area contributed by atoms with Gasteiger partial charge in [-0.1, -0.05) is 13.8 Å². The number of pyridine rings is 1. The number of nitrogens with two attached hydrogens (primary N) is 1. The Morgan fingerprint density at radius 1 is 1.36 bits per heavy atom. The van der Waals surface area contributed by atoms with Crippen LogP contribution >= 0.6 is 0 Å². The Labute approximate surface area is 123 Å². The third-order valence-electron chi connectivity index (χ3n) is 2.99. The summed E-state index contributed by atoms with van der Waals surface area (Å²) in [6, 6.07) is -0.317. The maximum Gasteiger partial charge on any atom is 0.452 e. The highest BCUT2D eigenvalue weighted by Gasteiger charge is 2.44. The lowest BCUT2D eigenvalue weighted by molar-refractivity contribution is -0.174. The maximum atomic E-state index is 12.5. The number of Topliss-reactive ketones (excluding diaryl/α,β-unsaturated/α-hetero) is 1. The lowest BCUT2D eigenvalue weighted by atomic mass is 9.99. The van der Waals surface area contributed by atoms with Crippen molar-refractivity contribution < 1.29 is 22.8 Å². The van der Waals surface area contributed by atoms with Crippen LogP contribution in [0.3, 0.4) is 0 Å². The third-order valence-corrected chi connectivity index (χ3v) is 2.99. The second-order valence-electron chi connectivity index (χ2n) is 5.07. The number of H-pyrrole nitrogens is 1. The molecule has 1 amide bonds. The molecule has 0 saturated carbocycles. The Balaban J connectivity index is 2.87. The van der Waals surface area contributed by atoms with Crippen LogP contribution in [0.1, 0.15) is 19.4 Å². The molecule has 0 aromatic carbocycles. The van der Waals surface area contributed by atoms with Gasteiger partial charge in [0, 0.05) is 6.20 Å². The van der Waals surface area contributed by atoms with Crippen LogP contribution in [-0.4, -0.2) is 28.9 Å². The summed E-state index contributed by atoms with van der Waals surface area (Å²) < 4.78 is 37.5. The van der Waals surface area contributed by atoms with Crippen LogP contribution in [0.15, 0.2) is 17.1 Å². The first-order valence-corrected chi connectivity index (χ1v) is 6.40. The summed E-state index contributed by atoms with van der Waals surface area (Å²) in [5, 5.41) is 2.04. The monoisotopic (exact) mass is 319 g/mol. The summed E-state index contributed by atoms with van der Waals surface area (Å²) >= 11 is 0. The van der Waals surface area contributed by atoms with Crippen LogP contribution < -0.4 is 16.6 Å². The largest absolute Gasteiger partial charge is 0.452 e. The summed E-state index contributed by atoms with van der Waals surface area (Å²) in [7, 11) is 0. The van der Waals surface area contributed by atoms with Gasteiger partial charge in [0.2, 0.25) is 5.91 Å². The number of anilines is 1. The van der Waals surface area contributed by atoms with Crippen molar-refractivity contribution in [1.82, 2.24) is 10.3 Å². The van der Waals surface area contributed by atoms with E-state index in [2.05, 4.69) is 4.98 Å². The topological polar surface area (TPSA) is 105 Å². The lowest BCUT2D eigenvalue weighted by Gasteiger charge is -2.22. The average molecular weight is 319 g/mol. The van der Waals surface area contributed by atoms with Gasteiger partial charge in [-0.2, -0.15) is 13.2 Å². The number of carbonyl (C=O) groups is 2. The van der Waals surface area contributed by atoms with Gasteiger partial charge in [-0.25, -0.2) is 0 Å². The van der Waals surface area contributed by atoms with Crippen molar-refractivity contribution >= 4 is 17.4 Å². The Morgan fingerprint density at radius 2 is 1.95 bits per heavy atom. The number of alkyl halides is 3. The van der Waals surface area contributed by atoms with Crippen LogP contribution in [-0.2, 0) is 16.0 Å². The molecule has 1 aromatic heterocycles. The summed E-state index contributed by atoms with van der Waals surface area (Å²) in [6.07, 6.45) is -4.17. The van der Waals surface area contributed by atoms with Crippen LogP contribution in [0.2, 0.25) is 0 Å². The number of aromatic amines is 1. The van der Waals surface area contributed by atoms with Gasteiger partial charge in [-0.15, -0.1) is 0 Å². The van der Waals surface area contributed by atoms with Crippen molar-refractivity contribution in [1.29, 1.82) is 0 Å². The Kier molecular flexibility index (Phi) is 5.34. The van der Waals surface area contributed by atoms with Gasteiger partial charge in [-0.05, 0) is 17.5 Å². The molecule has 4 N–H and O–H groups in total. The van der Waals surface area contributed by atoms with Gasteiger partial charge in [0.1, 0.15) is 5.69 Å². The van der Waals surface area contributed by atoms with Crippen molar-refractivity contribution in [3.05, 3.63) is 28.2 Å². The Bertz CT molecular complexity index is 623. The second kappa shape index (κ2) is 6.63. The van der Waals surface area contributed by atoms with E-state index in [1.165, 1.54) is 26.1 Å². The first-order chi connectivity index (χ1) is 10.0. The molecule has 122 valence electrons. The molecule has 0 aliphatic heterocycles. The molecule has 0 spiro atoms. The van der Waals surface area contributed by atoms with Gasteiger partial charge in [0.25, 0.3) is 11.3 Å². The van der Waals surface area contributed by atoms with E-state index in [1.807, 2.05) is 5.32 Å². The number of halogens is 3. The molecule has 1 aromatic rings. The number of ketones is 1. The Morgan fingerprint density at radius 3 is 2.45 bits per heavy atom. The van der Waals surface area contributed by atoms with Crippen molar-refractivity contribution in [3.8, 4) is 0 Å². The first-order valence-electron chi connectivity index (χ1n) is 6.40. The number of hydrogen-bond donors (Lipinski definition) is 3. The van der Waals surface area contributed by atoms with E-state index in [0.717, 1.165) is 0 Å². The zero-order valence-electron chi connectivity index (χ0n) is 12.0. The first kappa shape index (κ1) is 17.7. The normalized spacial score (nSPS) is 13.0. The van der Waals surface area contributed by atoms with Crippen LogP contribution in [0.4, 0.5) is 18.9 Å². The summed E-state index contributed by atoms with van der Waals surface area (Å²) in [5.74, 6) is -3.59. The number of aromatic nitrogens is 1. The molecular weight excluding hydrogens is 303 g/mol. The quantitative estimate of drug-likeness (QED) is 0.745. The number of hydrogen-bond acceptors (Lipinski definition) is 4. The van der Waals surface area contributed by atoms with E-state index in [0.29, 0.717) is 0 Å². The molecule has 1 atom stereocenters. The van der Waals surface area contributed by atoms with E-state index in [4.69, 9.17) is 5.73 Å². The van der Waals surface area contributed by atoms with Gasteiger partial charge in [0.05, 0.1) is 12.5 Å². The highest BCUT2D eigenvalue weighted by atomic mass is 19.4. The Hall–Kier alpha value is -2.32. The molecule has 22 heavy (non-hydrogen) atoms. The molecule has 0 fully saturated rings. The minimum atomic E-state index is -5.04. The zero-order valence-corrected chi connectivity index (χ0v) is 12.0. The van der Waals surface area contributed by atoms with E-state index in [1.54, 1.807) is 0 Å². The fourth-order valence-electron chi connectivity index (χ4n) is 1.79. The third kappa shape index (κ3) is 4.34. The van der Waals surface area contributed by atoms with E-state index in [9.17, 15) is 27.6 Å². The molecule has 0 saturated heterocycles. The minimum absolute atomic E-state index is 0.170. The van der Waals surface area contributed by atoms with E-state index in [-0.39, 0.29) is 11.3 Å². The van der Waals surface area contributed by atoms with Crippen molar-refractivity contribution in [2.45, 2.75) is 32.5 Å². The van der Waals surface area contributed by atoms with Crippen LogP contribution in [0.5, 0.6) is 0 Å². The second-order valence-corrected chi connectivity index (χ2v) is 5.07. The van der Waals surface area contributed by atoms with Crippen LogP contribution in [0, 0.1) is 5.92 Å². The van der Waals surface area contributed by atoms with Crippen molar-refractivity contribution in [2.24, 2.45) is 5.92 Å². The maximum absolute atomic E-state index is 12.5. The smallest absolute Gasteiger partial charge is 0.394 e. The summed E-state index contributed by atoms with van der Waals surface area (Å²) in [5.41, 5.74) is 4.86. The van der Waals surface area contributed by atoms with Gasteiger partial charge < -0.3 is 16.0 Å². The molecule has 1 heterocycles. The molecule has 1 rings (SSSR count). The number of nitrogens with one attached hydrogen (secondary N) is 2. The average Bonchev–Trinajstić information content (AvgIpc) is 2.39. The molecule has 0 radical (unpaired) electrons. The summed E-state index contributed by atoms with van der Waals surface area (Å²) in [4.78, 5) is 36.7. The minimum Gasteiger partial charge on any atom is -0.394 e. The van der Waals surface area contributed by atoms with Gasteiger partial charge >= 0.3 is 6.18 Å². The number of rotatable bonds is 5. The molecule has 0 aliphatic rings. The van der Waals surface area contributed by atoms with Crippen LogP contribution in [0.25, 0.3) is 0 Å². The predicted molar refractivity (Wildman–Crippen MR) is 73.0 cm³/mol. The lowest BCUT2D eigenvalue weighted by Crippen LogP contribution is -2.50. The van der Waals surface area contributed by atoms with Crippen molar-refractivity contribution in [2.75, 3.05) is 5.73 Å². The number of nitrogen functional groups attached to an aromatic ring is 1. The number of carbonyl (C=O) groups excluding carboxylic acids is 2. The fourth-order valence-corrected chi connectivity index (χ4v) is 1.79. The molecule has 6 nitrogen and oxygen atoms in total. The molecular formula is C13H16F3N3O3.